The van der Waals surface area contributed by atoms with Gasteiger partial charge in [-0.3, -0.25) is 4.90 Å². The molecule has 0 amide bonds. The molecule has 7 heteroatoms. The number of aryl methyl sites for hydroxylation is 1. The van der Waals surface area contributed by atoms with Crippen LogP contribution < -0.4 is 10.6 Å². The summed E-state index contributed by atoms with van der Waals surface area (Å²) in [6.07, 6.45) is 1.59. The van der Waals surface area contributed by atoms with E-state index < -0.39 is 0 Å². The van der Waals surface area contributed by atoms with E-state index in [9.17, 15) is 9.50 Å². The van der Waals surface area contributed by atoms with Crippen molar-refractivity contribution in [1.29, 1.82) is 0 Å². The molecule has 2 aromatic carbocycles. The molecule has 5 nitrogen and oxygen atoms in total. The van der Waals surface area contributed by atoms with Crippen LogP contribution in [0.2, 0.25) is 0 Å². The van der Waals surface area contributed by atoms with E-state index in [0.29, 0.717) is 18.1 Å². The number of rotatable bonds is 7. The van der Waals surface area contributed by atoms with E-state index in [1.54, 1.807) is 19.1 Å². The van der Waals surface area contributed by atoms with Crippen molar-refractivity contribution in [3.05, 3.63) is 70.5 Å². The fourth-order valence-electron chi connectivity index (χ4n) is 3.74. The molecule has 0 bridgehead atoms. The zero-order valence-corrected chi connectivity index (χ0v) is 21.6. The van der Waals surface area contributed by atoms with Crippen molar-refractivity contribution in [2.45, 2.75) is 58.8 Å². The Kier molecular flexibility index (Phi) is 10.9. The Balaban J connectivity index is 0.00000363. The van der Waals surface area contributed by atoms with E-state index in [-0.39, 0.29) is 41.9 Å². The highest BCUT2D eigenvalue weighted by Crippen LogP contribution is 2.17. The van der Waals surface area contributed by atoms with Gasteiger partial charge in [0.05, 0.1) is 18.7 Å². The van der Waals surface area contributed by atoms with Crippen molar-refractivity contribution in [2.24, 2.45) is 4.99 Å². The van der Waals surface area contributed by atoms with Gasteiger partial charge < -0.3 is 15.7 Å². The molecule has 32 heavy (non-hydrogen) atoms. The monoisotopic (exact) mass is 554 g/mol. The summed E-state index contributed by atoms with van der Waals surface area (Å²) in [6.45, 7) is 9.95. The van der Waals surface area contributed by atoms with E-state index in [4.69, 9.17) is 4.99 Å². The molecular formula is C25H36FIN4O. The number of aliphatic imine (C=N–C) groups is 1. The maximum absolute atomic E-state index is 13.9. The number of benzene rings is 2. The highest BCUT2D eigenvalue weighted by molar-refractivity contribution is 14.0. The molecule has 2 aromatic rings. The SMILES string of the molecule is CCNC(=NCc1ccc(CN2CCC(O)CC2)cc1)NC(C)c1ccc(C)c(F)c1.I. The molecule has 0 saturated carbocycles. The lowest BCUT2D eigenvalue weighted by Gasteiger charge is -2.29. The molecule has 1 unspecified atom stereocenters. The molecule has 1 saturated heterocycles. The molecule has 3 N–H and O–H groups in total. The molecule has 0 aromatic heterocycles. The van der Waals surface area contributed by atoms with E-state index >= 15 is 0 Å². The Labute approximate surface area is 208 Å². The number of guanidine groups is 1. The summed E-state index contributed by atoms with van der Waals surface area (Å²) in [5.74, 6) is 0.529. The van der Waals surface area contributed by atoms with E-state index in [0.717, 1.165) is 50.1 Å². The number of piperidine rings is 1. The first-order chi connectivity index (χ1) is 14.9. The normalized spacial score (nSPS) is 16.3. The molecule has 1 aliphatic rings. The third-order valence-electron chi connectivity index (χ3n) is 5.80. The van der Waals surface area contributed by atoms with Crippen molar-refractivity contribution in [3.63, 3.8) is 0 Å². The molecule has 1 atom stereocenters. The number of halogens is 2. The van der Waals surface area contributed by atoms with Gasteiger partial charge in [-0.2, -0.15) is 0 Å². The molecule has 1 aliphatic heterocycles. The minimum Gasteiger partial charge on any atom is -0.393 e. The summed E-state index contributed by atoms with van der Waals surface area (Å²) >= 11 is 0. The summed E-state index contributed by atoms with van der Waals surface area (Å²) in [7, 11) is 0. The van der Waals surface area contributed by atoms with Gasteiger partial charge in [-0.1, -0.05) is 36.4 Å². The van der Waals surface area contributed by atoms with Gasteiger partial charge in [0, 0.05) is 26.2 Å². The van der Waals surface area contributed by atoms with Gasteiger partial charge in [0.2, 0.25) is 0 Å². The first-order valence-electron chi connectivity index (χ1n) is 11.2. The Bertz CT molecular complexity index is 867. The Morgan fingerprint density at radius 2 is 1.81 bits per heavy atom. The van der Waals surface area contributed by atoms with Crippen molar-refractivity contribution in [3.8, 4) is 0 Å². The second-order valence-corrected chi connectivity index (χ2v) is 8.39. The van der Waals surface area contributed by atoms with Crippen LogP contribution in [0.25, 0.3) is 0 Å². The number of hydrogen-bond acceptors (Lipinski definition) is 3. The van der Waals surface area contributed by atoms with Gasteiger partial charge in [-0.25, -0.2) is 9.38 Å². The van der Waals surface area contributed by atoms with Gasteiger partial charge >= 0.3 is 0 Å². The van der Waals surface area contributed by atoms with Crippen molar-refractivity contribution in [2.75, 3.05) is 19.6 Å². The van der Waals surface area contributed by atoms with Gasteiger partial charge in [-0.15, -0.1) is 24.0 Å². The average molecular weight is 554 g/mol. The number of nitrogens with zero attached hydrogens (tertiary/aromatic N) is 2. The highest BCUT2D eigenvalue weighted by atomic mass is 127. The van der Waals surface area contributed by atoms with E-state index in [1.807, 2.05) is 19.9 Å². The summed E-state index contributed by atoms with van der Waals surface area (Å²) in [5.41, 5.74) is 3.97. The Morgan fingerprint density at radius 1 is 1.16 bits per heavy atom. The minimum absolute atomic E-state index is 0. The number of likely N-dealkylation sites (tertiary alicyclic amines) is 1. The quantitative estimate of drug-likeness (QED) is 0.268. The van der Waals surface area contributed by atoms with Gasteiger partial charge in [0.15, 0.2) is 5.96 Å². The Hall–Kier alpha value is -1.71. The van der Waals surface area contributed by atoms with Crippen LogP contribution in [-0.4, -0.2) is 41.7 Å². The molecule has 0 aliphatic carbocycles. The fourth-order valence-corrected chi connectivity index (χ4v) is 3.74. The second kappa shape index (κ2) is 13.1. The highest BCUT2D eigenvalue weighted by Gasteiger charge is 2.16. The minimum atomic E-state index is -0.186. The molecule has 1 fully saturated rings. The predicted octanol–water partition coefficient (Wildman–Crippen LogP) is 4.53. The fraction of sp³-hybridized carbons (Fsp3) is 0.480. The summed E-state index contributed by atoms with van der Waals surface area (Å²) in [6, 6.07) is 13.8. The molecule has 176 valence electrons. The number of hydrogen-bond donors (Lipinski definition) is 3. The predicted molar refractivity (Wildman–Crippen MR) is 140 cm³/mol. The zero-order chi connectivity index (χ0) is 22.2. The second-order valence-electron chi connectivity index (χ2n) is 8.39. The summed E-state index contributed by atoms with van der Waals surface area (Å²) < 4.78 is 13.9. The lowest BCUT2D eigenvalue weighted by molar-refractivity contribution is 0.0792. The summed E-state index contributed by atoms with van der Waals surface area (Å²) in [5, 5.41) is 16.3. The maximum Gasteiger partial charge on any atom is 0.192 e. The van der Waals surface area contributed by atoms with Crippen LogP contribution in [0.3, 0.4) is 0 Å². The third kappa shape index (κ3) is 8.01. The van der Waals surface area contributed by atoms with Gasteiger partial charge in [-0.05, 0) is 61.9 Å². The Morgan fingerprint density at radius 3 is 2.44 bits per heavy atom. The lowest BCUT2D eigenvalue weighted by Crippen LogP contribution is -2.38. The molecule has 0 spiro atoms. The molecule has 0 radical (unpaired) electrons. The topological polar surface area (TPSA) is 59.9 Å². The van der Waals surface area contributed by atoms with Gasteiger partial charge in [0.1, 0.15) is 5.82 Å². The van der Waals surface area contributed by atoms with Crippen molar-refractivity contribution < 1.29 is 9.50 Å². The van der Waals surface area contributed by atoms with Crippen LogP contribution >= 0.6 is 24.0 Å². The standard InChI is InChI=1S/C25H35FN4O.HI/c1-4-27-25(29-19(3)22-10-5-18(2)24(26)15-22)28-16-20-6-8-21(9-7-20)17-30-13-11-23(31)12-14-30;/h5-10,15,19,23,31H,4,11-14,16-17H2,1-3H3,(H2,27,28,29);1H. The first kappa shape index (κ1) is 26.5. The average Bonchev–Trinajstić information content (AvgIpc) is 2.76. The molecule has 1 heterocycles. The van der Waals surface area contributed by atoms with Crippen LogP contribution in [0.1, 0.15) is 55.0 Å². The van der Waals surface area contributed by atoms with Crippen molar-refractivity contribution >= 4 is 29.9 Å². The summed E-state index contributed by atoms with van der Waals surface area (Å²) in [4.78, 5) is 7.10. The van der Waals surface area contributed by atoms with Crippen LogP contribution in [0, 0.1) is 12.7 Å². The zero-order valence-electron chi connectivity index (χ0n) is 19.3. The van der Waals surface area contributed by atoms with E-state index in [1.165, 1.54) is 5.56 Å². The maximum atomic E-state index is 13.9. The van der Waals surface area contributed by atoms with E-state index in [2.05, 4.69) is 39.8 Å². The van der Waals surface area contributed by atoms with Crippen LogP contribution in [0.5, 0.6) is 0 Å². The number of nitrogens with one attached hydrogen (secondary N) is 2. The third-order valence-corrected chi connectivity index (χ3v) is 5.80. The lowest BCUT2D eigenvalue weighted by atomic mass is 10.1. The number of aliphatic hydroxyl groups excluding tert-OH is 1. The largest absolute Gasteiger partial charge is 0.393 e. The van der Waals surface area contributed by atoms with Gasteiger partial charge in [0.25, 0.3) is 0 Å². The smallest absolute Gasteiger partial charge is 0.192 e. The van der Waals surface area contributed by atoms with Crippen LogP contribution in [0.15, 0.2) is 47.5 Å². The van der Waals surface area contributed by atoms with Crippen LogP contribution in [-0.2, 0) is 13.1 Å². The number of aliphatic hydroxyl groups is 1. The molecular weight excluding hydrogens is 518 g/mol. The first-order valence-corrected chi connectivity index (χ1v) is 11.2. The van der Waals surface area contributed by atoms with Crippen molar-refractivity contribution in [1.82, 2.24) is 15.5 Å². The molecule has 3 rings (SSSR count). The van der Waals surface area contributed by atoms with Crippen LogP contribution in [0.4, 0.5) is 4.39 Å².